The largest absolute Gasteiger partial charge is 0.416 e. The third-order valence-corrected chi connectivity index (χ3v) is 6.25. The molecule has 0 atom stereocenters. The van der Waals surface area contributed by atoms with Crippen LogP contribution >= 0.6 is 0 Å². The zero-order valence-corrected chi connectivity index (χ0v) is 16.7. The molecule has 29 heavy (non-hydrogen) atoms. The van der Waals surface area contributed by atoms with Crippen molar-refractivity contribution in [2.24, 2.45) is 5.92 Å². The number of carbonyl (C=O) groups is 1. The highest BCUT2D eigenvalue weighted by Crippen LogP contribution is 2.32. The van der Waals surface area contributed by atoms with Crippen LogP contribution in [0.15, 0.2) is 24.3 Å². The summed E-state index contributed by atoms with van der Waals surface area (Å²) in [6, 6.07) is 5.61. The minimum Gasteiger partial charge on any atom is -0.369 e. The summed E-state index contributed by atoms with van der Waals surface area (Å²) in [4.78, 5) is 21.0. The van der Waals surface area contributed by atoms with Crippen molar-refractivity contribution in [2.45, 2.75) is 19.0 Å². The fourth-order valence-corrected chi connectivity index (χ4v) is 4.17. The topological polar surface area (TPSA) is 30.0 Å². The highest BCUT2D eigenvalue weighted by molar-refractivity contribution is 5.81. The predicted octanol–water partition coefficient (Wildman–Crippen LogP) is 2.38. The summed E-state index contributed by atoms with van der Waals surface area (Å²) in [5, 5.41) is 0. The van der Waals surface area contributed by atoms with Gasteiger partial charge in [-0.2, -0.15) is 13.2 Å². The number of alkyl halides is 3. The molecule has 2 saturated heterocycles. The van der Waals surface area contributed by atoms with Crippen molar-refractivity contribution in [3.8, 4) is 0 Å². The van der Waals surface area contributed by atoms with E-state index in [2.05, 4.69) is 9.80 Å². The van der Waals surface area contributed by atoms with E-state index in [4.69, 9.17) is 0 Å². The van der Waals surface area contributed by atoms with E-state index in [9.17, 15) is 18.0 Å². The van der Waals surface area contributed by atoms with Crippen LogP contribution in [0.4, 0.5) is 18.9 Å². The maximum Gasteiger partial charge on any atom is 0.416 e. The van der Waals surface area contributed by atoms with Gasteiger partial charge >= 0.3 is 6.18 Å². The second-order valence-corrected chi connectivity index (χ2v) is 8.32. The minimum atomic E-state index is -4.30. The van der Waals surface area contributed by atoms with Gasteiger partial charge < -0.3 is 9.80 Å². The van der Waals surface area contributed by atoms with Gasteiger partial charge in [0.1, 0.15) is 0 Å². The molecule has 1 saturated carbocycles. The Hall–Kier alpha value is -1.80. The second-order valence-electron chi connectivity index (χ2n) is 8.32. The molecule has 0 unspecified atom stereocenters. The first-order valence-electron chi connectivity index (χ1n) is 10.6. The highest BCUT2D eigenvalue weighted by atomic mass is 19.4. The summed E-state index contributed by atoms with van der Waals surface area (Å²) in [6.07, 6.45) is -2.18. The van der Waals surface area contributed by atoms with Crippen LogP contribution in [0.2, 0.25) is 0 Å². The summed E-state index contributed by atoms with van der Waals surface area (Å²) in [5.74, 6) is 0.644. The van der Waals surface area contributed by atoms with Crippen molar-refractivity contribution in [3.63, 3.8) is 0 Å². The average molecular weight is 410 g/mol. The van der Waals surface area contributed by atoms with Crippen molar-refractivity contribution < 1.29 is 18.0 Å². The van der Waals surface area contributed by atoms with Crippen LogP contribution in [0.5, 0.6) is 0 Å². The number of benzene rings is 1. The molecular formula is C21H29F3N4O. The zero-order valence-electron chi connectivity index (χ0n) is 16.7. The number of rotatable bonds is 5. The molecule has 0 bridgehead atoms. The molecule has 1 aromatic carbocycles. The molecule has 0 spiro atoms. The Bertz CT molecular complexity index is 706. The number of amides is 1. The first kappa shape index (κ1) is 20.5. The van der Waals surface area contributed by atoms with Crippen molar-refractivity contribution in [2.75, 3.05) is 70.3 Å². The Morgan fingerprint density at radius 3 is 2.03 bits per heavy atom. The monoisotopic (exact) mass is 410 g/mol. The number of hydrogen-bond acceptors (Lipinski definition) is 4. The average Bonchev–Trinajstić information content (AvgIpc) is 3.57. The van der Waals surface area contributed by atoms with Crippen LogP contribution in [0, 0.1) is 5.92 Å². The lowest BCUT2D eigenvalue weighted by Crippen LogP contribution is -2.52. The molecule has 3 aliphatic rings. The molecule has 0 N–H and O–H groups in total. The molecule has 1 amide bonds. The summed E-state index contributed by atoms with van der Waals surface area (Å²) >= 11 is 0. The van der Waals surface area contributed by atoms with E-state index >= 15 is 0 Å². The van der Waals surface area contributed by atoms with Crippen LogP contribution in [0.25, 0.3) is 0 Å². The molecule has 2 aliphatic heterocycles. The lowest BCUT2D eigenvalue weighted by atomic mass is 10.1. The molecule has 0 aromatic heterocycles. The van der Waals surface area contributed by atoms with Crippen molar-refractivity contribution in [1.29, 1.82) is 0 Å². The Morgan fingerprint density at radius 2 is 1.48 bits per heavy atom. The lowest BCUT2D eigenvalue weighted by molar-refractivity contribution is -0.137. The number of carbonyl (C=O) groups excluding carboxylic acids is 1. The number of anilines is 1. The maximum absolute atomic E-state index is 12.9. The SMILES string of the molecule is O=C(C1CC1)N1CCN(CCN2CCN(c3cccc(C(F)(F)F)c3)CC2)CC1. The van der Waals surface area contributed by atoms with Gasteiger partial charge in [0.15, 0.2) is 0 Å². The van der Waals surface area contributed by atoms with E-state index in [1.807, 2.05) is 9.80 Å². The van der Waals surface area contributed by atoms with Crippen LogP contribution in [-0.2, 0) is 11.0 Å². The smallest absolute Gasteiger partial charge is 0.369 e. The van der Waals surface area contributed by atoms with Crippen LogP contribution in [0.1, 0.15) is 18.4 Å². The van der Waals surface area contributed by atoms with E-state index in [1.54, 1.807) is 6.07 Å². The third kappa shape index (κ3) is 5.22. The Kier molecular flexibility index (Phi) is 6.01. The van der Waals surface area contributed by atoms with Gasteiger partial charge in [0.05, 0.1) is 5.56 Å². The van der Waals surface area contributed by atoms with Crippen LogP contribution < -0.4 is 4.90 Å². The van der Waals surface area contributed by atoms with Gasteiger partial charge in [0.25, 0.3) is 0 Å². The summed E-state index contributed by atoms with van der Waals surface area (Å²) in [5.41, 5.74) is 0.0627. The Balaban J connectivity index is 1.18. The first-order valence-corrected chi connectivity index (χ1v) is 10.6. The molecule has 1 aliphatic carbocycles. The number of halogens is 3. The van der Waals surface area contributed by atoms with E-state index in [0.717, 1.165) is 84.4 Å². The molecule has 0 radical (unpaired) electrons. The first-order chi connectivity index (χ1) is 13.9. The molecule has 2 heterocycles. The lowest BCUT2D eigenvalue weighted by Gasteiger charge is -2.39. The van der Waals surface area contributed by atoms with Gasteiger partial charge in [0.2, 0.25) is 5.91 Å². The van der Waals surface area contributed by atoms with Crippen LogP contribution in [-0.4, -0.2) is 86.1 Å². The molecular weight excluding hydrogens is 381 g/mol. The van der Waals surface area contributed by atoms with E-state index in [1.165, 1.54) is 12.1 Å². The predicted molar refractivity (Wildman–Crippen MR) is 106 cm³/mol. The van der Waals surface area contributed by atoms with Crippen molar-refractivity contribution >= 4 is 11.6 Å². The number of piperazine rings is 2. The third-order valence-electron chi connectivity index (χ3n) is 6.25. The maximum atomic E-state index is 12.9. The van der Waals surface area contributed by atoms with E-state index < -0.39 is 11.7 Å². The zero-order chi connectivity index (χ0) is 20.4. The Morgan fingerprint density at radius 1 is 0.897 bits per heavy atom. The molecule has 5 nitrogen and oxygen atoms in total. The van der Waals surface area contributed by atoms with Gasteiger partial charge in [-0.3, -0.25) is 14.6 Å². The second kappa shape index (κ2) is 8.52. The summed E-state index contributed by atoms with van der Waals surface area (Å²) in [7, 11) is 0. The van der Waals surface area contributed by atoms with Gasteiger partial charge in [-0.15, -0.1) is 0 Å². The van der Waals surface area contributed by atoms with E-state index in [-0.39, 0.29) is 0 Å². The number of nitrogens with zero attached hydrogens (tertiary/aromatic N) is 4. The minimum absolute atomic E-state index is 0.301. The van der Waals surface area contributed by atoms with Gasteiger partial charge in [0, 0.05) is 77.1 Å². The normalized spacial score (nSPS) is 22.2. The quantitative estimate of drug-likeness (QED) is 0.746. The van der Waals surface area contributed by atoms with Gasteiger partial charge in [-0.05, 0) is 31.0 Å². The van der Waals surface area contributed by atoms with Crippen molar-refractivity contribution in [1.82, 2.24) is 14.7 Å². The molecule has 4 rings (SSSR count). The fourth-order valence-electron chi connectivity index (χ4n) is 4.17. The summed E-state index contributed by atoms with van der Waals surface area (Å²) in [6.45, 7) is 8.67. The molecule has 8 heteroatoms. The highest BCUT2D eigenvalue weighted by Gasteiger charge is 2.34. The van der Waals surface area contributed by atoms with Crippen LogP contribution in [0.3, 0.4) is 0 Å². The standard InChI is InChI=1S/C21H29F3N4O/c22-21(23,24)18-2-1-3-19(16-18)27-12-8-25(9-13-27)6-7-26-10-14-28(15-11-26)20(29)17-4-5-17/h1-3,16-17H,4-15H2. The molecule has 1 aromatic rings. The van der Waals surface area contributed by atoms with E-state index in [0.29, 0.717) is 17.5 Å². The molecule has 3 fully saturated rings. The van der Waals surface area contributed by atoms with Crippen molar-refractivity contribution in [3.05, 3.63) is 29.8 Å². The number of hydrogen-bond donors (Lipinski definition) is 0. The van der Waals surface area contributed by atoms with Gasteiger partial charge in [-0.1, -0.05) is 6.07 Å². The fraction of sp³-hybridized carbons (Fsp3) is 0.667. The Labute approximate surface area is 170 Å². The molecule has 160 valence electrons. The van der Waals surface area contributed by atoms with Gasteiger partial charge in [-0.25, -0.2) is 0 Å². The summed E-state index contributed by atoms with van der Waals surface area (Å²) < 4.78 is 38.8.